The van der Waals surface area contributed by atoms with Gasteiger partial charge in [0.2, 0.25) is 0 Å². The van der Waals surface area contributed by atoms with Crippen LogP contribution in [-0.4, -0.2) is 6.21 Å². The van der Waals surface area contributed by atoms with E-state index in [1.165, 1.54) is 16.7 Å². The Morgan fingerprint density at radius 2 is 2.08 bits per heavy atom. The monoisotopic (exact) mass is 171 g/mol. The zero-order valence-corrected chi connectivity index (χ0v) is 8.04. The van der Waals surface area contributed by atoms with Crippen LogP contribution in [0.5, 0.6) is 0 Å². The number of nitrogens with zero attached hydrogens (tertiary/aromatic N) is 1. The molecule has 0 bridgehead atoms. The largest absolute Gasteiger partial charge is 0.265 e. The average molecular weight is 171 g/mol. The van der Waals surface area contributed by atoms with Crippen LogP contribution in [0.2, 0.25) is 0 Å². The predicted molar refractivity (Wildman–Crippen MR) is 56.9 cm³/mol. The third-order valence-electron chi connectivity index (χ3n) is 2.38. The lowest BCUT2D eigenvalue weighted by Crippen LogP contribution is -1.84. The van der Waals surface area contributed by atoms with Gasteiger partial charge in [-0.2, -0.15) is 0 Å². The molecule has 0 unspecified atom stereocenters. The number of allylic oxidation sites excluding steroid dienone is 2. The number of hydrogen-bond donors (Lipinski definition) is 0. The first-order chi connectivity index (χ1) is 6.27. The minimum atomic E-state index is 0.981. The van der Waals surface area contributed by atoms with E-state index in [4.69, 9.17) is 0 Å². The maximum Gasteiger partial charge on any atom is 0.0410 e. The van der Waals surface area contributed by atoms with Gasteiger partial charge in [-0.05, 0) is 25.0 Å². The normalized spacial score (nSPS) is 15.5. The summed E-state index contributed by atoms with van der Waals surface area (Å²) in [7, 11) is 0. The molecule has 0 fully saturated rings. The van der Waals surface area contributed by atoms with Gasteiger partial charge < -0.3 is 0 Å². The molecule has 13 heavy (non-hydrogen) atoms. The second kappa shape index (κ2) is 3.17. The summed E-state index contributed by atoms with van der Waals surface area (Å²) in [5.74, 6) is 0. The summed E-state index contributed by atoms with van der Waals surface area (Å²) in [6, 6.07) is 8.59. The van der Waals surface area contributed by atoms with Gasteiger partial charge in [-0.3, -0.25) is 4.99 Å². The molecular weight excluding hydrogens is 158 g/mol. The minimum Gasteiger partial charge on any atom is -0.265 e. The lowest BCUT2D eigenvalue weighted by molar-refractivity contribution is 1.33. The fraction of sp³-hybridized carbons (Fsp3) is 0.250. The molecule has 1 aliphatic heterocycles. The third-order valence-corrected chi connectivity index (χ3v) is 2.38. The summed E-state index contributed by atoms with van der Waals surface area (Å²) < 4.78 is 0. The van der Waals surface area contributed by atoms with E-state index in [1.54, 1.807) is 0 Å². The van der Waals surface area contributed by atoms with Crippen LogP contribution in [0.15, 0.2) is 35.0 Å². The summed E-state index contributed by atoms with van der Waals surface area (Å²) in [6.45, 7) is 4.19. The molecule has 1 heteroatoms. The van der Waals surface area contributed by atoms with Gasteiger partial charge in [-0.15, -0.1) is 0 Å². The van der Waals surface area contributed by atoms with Gasteiger partial charge in [0.25, 0.3) is 0 Å². The van der Waals surface area contributed by atoms with Gasteiger partial charge in [0, 0.05) is 18.3 Å². The van der Waals surface area contributed by atoms with Crippen LogP contribution in [0, 0.1) is 6.92 Å². The fourth-order valence-electron chi connectivity index (χ4n) is 1.66. The second-order valence-electron chi connectivity index (χ2n) is 3.45. The molecule has 0 aromatic heterocycles. The van der Waals surface area contributed by atoms with Crippen LogP contribution < -0.4 is 0 Å². The van der Waals surface area contributed by atoms with E-state index >= 15 is 0 Å². The SMILES string of the molecule is CC1=C(c2cccc(C)c2)CC=N1. The molecule has 0 spiro atoms. The van der Waals surface area contributed by atoms with Crippen LogP contribution in [0.1, 0.15) is 24.5 Å². The summed E-state index contributed by atoms with van der Waals surface area (Å²) >= 11 is 0. The van der Waals surface area contributed by atoms with Gasteiger partial charge in [0.15, 0.2) is 0 Å². The number of aryl methyl sites for hydroxylation is 1. The number of hydrogen-bond acceptors (Lipinski definition) is 1. The molecule has 0 radical (unpaired) electrons. The van der Waals surface area contributed by atoms with Crippen LogP contribution in [-0.2, 0) is 0 Å². The molecule has 1 nitrogen and oxygen atoms in total. The zero-order valence-electron chi connectivity index (χ0n) is 8.04. The van der Waals surface area contributed by atoms with Crippen molar-refractivity contribution in [1.29, 1.82) is 0 Å². The molecule has 1 aliphatic rings. The van der Waals surface area contributed by atoms with E-state index in [0.717, 1.165) is 12.1 Å². The fourth-order valence-corrected chi connectivity index (χ4v) is 1.66. The molecule has 2 rings (SSSR count). The van der Waals surface area contributed by atoms with Crippen molar-refractivity contribution in [1.82, 2.24) is 0 Å². The quantitative estimate of drug-likeness (QED) is 0.615. The second-order valence-corrected chi connectivity index (χ2v) is 3.45. The van der Waals surface area contributed by atoms with Crippen molar-refractivity contribution in [2.24, 2.45) is 4.99 Å². The Bertz CT molecular complexity index is 386. The molecule has 0 N–H and O–H groups in total. The first-order valence-electron chi connectivity index (χ1n) is 4.56. The third kappa shape index (κ3) is 1.55. The van der Waals surface area contributed by atoms with Gasteiger partial charge >= 0.3 is 0 Å². The molecule has 1 aromatic carbocycles. The van der Waals surface area contributed by atoms with E-state index < -0.39 is 0 Å². The lowest BCUT2D eigenvalue weighted by atomic mass is 10.0. The van der Waals surface area contributed by atoms with Crippen molar-refractivity contribution in [3.8, 4) is 0 Å². The van der Waals surface area contributed by atoms with Crippen molar-refractivity contribution in [3.63, 3.8) is 0 Å². The van der Waals surface area contributed by atoms with E-state index in [0.29, 0.717) is 0 Å². The van der Waals surface area contributed by atoms with Crippen molar-refractivity contribution < 1.29 is 0 Å². The van der Waals surface area contributed by atoms with Crippen molar-refractivity contribution in [2.75, 3.05) is 0 Å². The highest BCUT2D eigenvalue weighted by Gasteiger charge is 2.08. The Kier molecular flexibility index (Phi) is 2.01. The lowest BCUT2D eigenvalue weighted by Gasteiger charge is -2.03. The zero-order chi connectivity index (χ0) is 9.26. The Balaban J connectivity index is 2.42. The highest BCUT2D eigenvalue weighted by atomic mass is 14.7. The molecule has 0 amide bonds. The summed E-state index contributed by atoms with van der Waals surface area (Å²) in [4.78, 5) is 4.28. The van der Waals surface area contributed by atoms with E-state index in [2.05, 4.69) is 43.1 Å². The Labute approximate surface area is 78.8 Å². The van der Waals surface area contributed by atoms with Gasteiger partial charge in [0.1, 0.15) is 0 Å². The van der Waals surface area contributed by atoms with Crippen LogP contribution >= 0.6 is 0 Å². The van der Waals surface area contributed by atoms with Gasteiger partial charge in [0.05, 0.1) is 0 Å². The molecule has 66 valence electrons. The molecule has 0 atom stereocenters. The van der Waals surface area contributed by atoms with Crippen LogP contribution in [0.3, 0.4) is 0 Å². The van der Waals surface area contributed by atoms with Gasteiger partial charge in [-0.25, -0.2) is 0 Å². The number of rotatable bonds is 1. The molecule has 0 aliphatic carbocycles. The molecule has 0 saturated carbocycles. The standard InChI is InChI=1S/C12H13N/c1-9-4-3-5-11(8-9)12-6-7-13-10(12)2/h3-5,7-8H,6H2,1-2H3. The first kappa shape index (κ1) is 8.24. The molecule has 0 saturated heterocycles. The van der Waals surface area contributed by atoms with Crippen molar-refractivity contribution in [3.05, 3.63) is 41.1 Å². The van der Waals surface area contributed by atoms with Crippen molar-refractivity contribution >= 4 is 11.8 Å². The average Bonchev–Trinajstić information content (AvgIpc) is 2.51. The molecular formula is C12H13N. The highest BCUT2D eigenvalue weighted by Crippen LogP contribution is 2.26. The molecule has 1 aromatic rings. The smallest absolute Gasteiger partial charge is 0.0410 e. The summed E-state index contributed by atoms with van der Waals surface area (Å²) in [6.07, 6.45) is 2.96. The highest BCUT2D eigenvalue weighted by molar-refractivity contribution is 5.86. The van der Waals surface area contributed by atoms with Crippen molar-refractivity contribution in [2.45, 2.75) is 20.3 Å². The van der Waals surface area contributed by atoms with Crippen LogP contribution in [0.25, 0.3) is 5.57 Å². The summed E-state index contributed by atoms with van der Waals surface area (Å²) in [5, 5.41) is 0. The Morgan fingerprint density at radius 1 is 1.23 bits per heavy atom. The first-order valence-corrected chi connectivity index (χ1v) is 4.56. The minimum absolute atomic E-state index is 0.981. The summed E-state index contributed by atoms with van der Waals surface area (Å²) in [5.41, 5.74) is 5.15. The Morgan fingerprint density at radius 3 is 2.69 bits per heavy atom. The maximum atomic E-state index is 4.28. The van der Waals surface area contributed by atoms with E-state index in [-0.39, 0.29) is 0 Å². The van der Waals surface area contributed by atoms with Crippen LogP contribution in [0.4, 0.5) is 0 Å². The molecule has 1 heterocycles. The Hall–Kier alpha value is -1.37. The van der Waals surface area contributed by atoms with Gasteiger partial charge in [-0.1, -0.05) is 29.8 Å². The van der Waals surface area contributed by atoms with E-state index in [1.807, 2.05) is 6.21 Å². The number of benzene rings is 1. The predicted octanol–water partition coefficient (Wildman–Crippen LogP) is 3.20. The maximum absolute atomic E-state index is 4.28. The number of aliphatic imine (C=N–C) groups is 1. The van der Waals surface area contributed by atoms with E-state index in [9.17, 15) is 0 Å². The topological polar surface area (TPSA) is 12.4 Å².